The van der Waals surface area contributed by atoms with E-state index in [1.165, 1.54) is 4.90 Å². The molecular formula is C19H20N2O3. The molecule has 0 bridgehead atoms. The van der Waals surface area contributed by atoms with Crippen LogP contribution in [0.15, 0.2) is 24.3 Å². The maximum Gasteiger partial charge on any atom is 0.261 e. The molecule has 2 amide bonds. The van der Waals surface area contributed by atoms with Gasteiger partial charge in [-0.3, -0.25) is 19.3 Å². The summed E-state index contributed by atoms with van der Waals surface area (Å²) in [6.45, 7) is 4.16. The summed E-state index contributed by atoms with van der Waals surface area (Å²) >= 11 is 0. The third-order valence-electron chi connectivity index (χ3n) is 5.66. The molecule has 2 aliphatic rings. The Morgan fingerprint density at radius 1 is 1.25 bits per heavy atom. The molecule has 0 radical (unpaired) electrons. The molecule has 1 fully saturated rings. The number of nitriles is 1. The van der Waals surface area contributed by atoms with Crippen LogP contribution >= 0.6 is 0 Å². The number of imide groups is 1. The van der Waals surface area contributed by atoms with Crippen LogP contribution in [0.4, 0.5) is 0 Å². The van der Waals surface area contributed by atoms with Crippen LogP contribution in [0.1, 0.15) is 53.8 Å². The lowest BCUT2D eigenvalue weighted by molar-refractivity contribution is -0.138. The van der Waals surface area contributed by atoms with Crippen molar-refractivity contribution < 1.29 is 14.4 Å². The number of Topliss-reactive ketones (excluding diaryl/α,β-unsaturated/α-hetero) is 1. The van der Waals surface area contributed by atoms with E-state index in [2.05, 4.69) is 6.07 Å². The van der Waals surface area contributed by atoms with Gasteiger partial charge in [0, 0.05) is 25.3 Å². The molecule has 1 aliphatic heterocycles. The second-order valence-corrected chi connectivity index (χ2v) is 7.19. The monoisotopic (exact) mass is 324 g/mol. The fourth-order valence-corrected chi connectivity index (χ4v) is 3.86. The highest BCUT2D eigenvalue weighted by atomic mass is 16.2. The fraction of sp³-hybridized carbons (Fsp3) is 0.474. The minimum absolute atomic E-state index is 0.0748. The van der Waals surface area contributed by atoms with Gasteiger partial charge in [-0.25, -0.2) is 0 Å². The van der Waals surface area contributed by atoms with Gasteiger partial charge in [0.05, 0.1) is 17.2 Å². The Morgan fingerprint density at radius 2 is 1.83 bits per heavy atom. The van der Waals surface area contributed by atoms with E-state index in [1.807, 2.05) is 13.8 Å². The zero-order valence-electron chi connectivity index (χ0n) is 13.9. The molecule has 1 heterocycles. The number of benzene rings is 1. The predicted octanol–water partition coefficient (Wildman–Crippen LogP) is 2.82. The third kappa shape index (κ3) is 2.43. The van der Waals surface area contributed by atoms with Gasteiger partial charge in [0.1, 0.15) is 5.78 Å². The average Bonchev–Trinajstić information content (AvgIpc) is 2.80. The number of ketones is 1. The second kappa shape index (κ2) is 5.86. The molecule has 1 saturated carbocycles. The number of hydrogen-bond acceptors (Lipinski definition) is 4. The molecular weight excluding hydrogens is 304 g/mol. The average molecular weight is 324 g/mol. The Balaban J connectivity index is 1.62. The van der Waals surface area contributed by atoms with Gasteiger partial charge in [0.2, 0.25) is 0 Å². The largest absolute Gasteiger partial charge is 0.299 e. The van der Waals surface area contributed by atoms with E-state index in [0.29, 0.717) is 17.5 Å². The minimum atomic E-state index is -0.321. The highest BCUT2D eigenvalue weighted by molar-refractivity contribution is 6.21. The SMILES string of the molecule is CC1(C)[C@@H](CC#N)C[C@H]1C(=O)CCN1C(=O)c2ccccc2C1=O. The van der Waals surface area contributed by atoms with Crippen LogP contribution in [0.5, 0.6) is 0 Å². The molecule has 124 valence electrons. The highest BCUT2D eigenvalue weighted by Crippen LogP contribution is 2.53. The topological polar surface area (TPSA) is 78.2 Å². The van der Waals surface area contributed by atoms with Crippen molar-refractivity contribution in [1.29, 1.82) is 5.26 Å². The van der Waals surface area contributed by atoms with Gasteiger partial charge < -0.3 is 0 Å². The Bertz CT molecular complexity index is 725. The first kappa shape index (κ1) is 16.4. The molecule has 5 nitrogen and oxygen atoms in total. The van der Waals surface area contributed by atoms with Gasteiger partial charge in [-0.05, 0) is 29.9 Å². The fourth-order valence-electron chi connectivity index (χ4n) is 3.86. The Kier molecular flexibility index (Phi) is 4.00. The Hall–Kier alpha value is -2.48. The molecule has 1 aromatic carbocycles. The van der Waals surface area contributed by atoms with Crippen LogP contribution in [0.3, 0.4) is 0 Å². The van der Waals surface area contributed by atoms with Crippen LogP contribution in [0, 0.1) is 28.6 Å². The zero-order valence-corrected chi connectivity index (χ0v) is 13.9. The van der Waals surface area contributed by atoms with Gasteiger partial charge in [0.25, 0.3) is 11.8 Å². The summed E-state index contributed by atoms with van der Waals surface area (Å²) in [4.78, 5) is 38.3. The van der Waals surface area contributed by atoms with Crippen molar-refractivity contribution >= 4 is 17.6 Å². The lowest BCUT2D eigenvalue weighted by Gasteiger charge is -2.50. The van der Waals surface area contributed by atoms with Gasteiger partial charge in [-0.1, -0.05) is 26.0 Å². The van der Waals surface area contributed by atoms with Crippen LogP contribution < -0.4 is 0 Å². The number of rotatable bonds is 5. The van der Waals surface area contributed by atoms with Crippen LogP contribution in [-0.4, -0.2) is 29.0 Å². The van der Waals surface area contributed by atoms with Crippen molar-refractivity contribution in [3.05, 3.63) is 35.4 Å². The van der Waals surface area contributed by atoms with E-state index in [0.717, 1.165) is 6.42 Å². The lowest BCUT2D eigenvalue weighted by atomic mass is 9.52. The second-order valence-electron chi connectivity index (χ2n) is 7.19. The van der Waals surface area contributed by atoms with Gasteiger partial charge >= 0.3 is 0 Å². The van der Waals surface area contributed by atoms with Crippen molar-refractivity contribution in [2.75, 3.05) is 6.54 Å². The molecule has 24 heavy (non-hydrogen) atoms. The summed E-state index contributed by atoms with van der Waals surface area (Å²) in [6.07, 6.45) is 1.37. The van der Waals surface area contributed by atoms with E-state index < -0.39 is 0 Å². The van der Waals surface area contributed by atoms with Crippen molar-refractivity contribution in [2.24, 2.45) is 17.3 Å². The summed E-state index contributed by atoms with van der Waals surface area (Å²) in [5.74, 6) is -0.412. The molecule has 0 aromatic heterocycles. The van der Waals surface area contributed by atoms with E-state index in [9.17, 15) is 14.4 Å². The van der Waals surface area contributed by atoms with Crippen molar-refractivity contribution in [3.63, 3.8) is 0 Å². The summed E-state index contributed by atoms with van der Waals surface area (Å²) in [5.41, 5.74) is 0.635. The maximum atomic E-state index is 12.5. The number of nitrogens with zero attached hydrogens (tertiary/aromatic N) is 2. The molecule has 0 spiro atoms. The lowest BCUT2D eigenvalue weighted by Crippen LogP contribution is -2.49. The summed E-state index contributed by atoms with van der Waals surface area (Å²) in [6, 6.07) is 8.90. The molecule has 5 heteroatoms. The first-order valence-electron chi connectivity index (χ1n) is 8.22. The number of amides is 2. The van der Waals surface area contributed by atoms with E-state index >= 15 is 0 Å². The smallest absolute Gasteiger partial charge is 0.261 e. The first-order valence-corrected chi connectivity index (χ1v) is 8.22. The van der Waals surface area contributed by atoms with Crippen molar-refractivity contribution in [3.8, 4) is 6.07 Å². The number of carbonyl (C=O) groups is 3. The molecule has 0 unspecified atom stereocenters. The van der Waals surface area contributed by atoms with Gasteiger partial charge in [0.15, 0.2) is 0 Å². The molecule has 2 atom stereocenters. The summed E-state index contributed by atoms with van der Waals surface area (Å²) in [7, 11) is 0. The summed E-state index contributed by atoms with van der Waals surface area (Å²) in [5, 5.41) is 8.83. The number of carbonyl (C=O) groups excluding carboxylic acids is 3. The van der Waals surface area contributed by atoms with Crippen LogP contribution in [0.2, 0.25) is 0 Å². The van der Waals surface area contributed by atoms with Crippen molar-refractivity contribution in [2.45, 2.75) is 33.1 Å². The Morgan fingerprint density at radius 3 is 2.33 bits per heavy atom. The summed E-state index contributed by atoms with van der Waals surface area (Å²) < 4.78 is 0. The van der Waals surface area contributed by atoms with Crippen LogP contribution in [0.25, 0.3) is 0 Å². The van der Waals surface area contributed by atoms with E-state index in [-0.39, 0.29) is 47.8 Å². The first-order chi connectivity index (χ1) is 11.4. The normalized spacial score (nSPS) is 24.3. The number of fused-ring (bicyclic) bond motifs is 1. The van der Waals surface area contributed by atoms with E-state index in [4.69, 9.17) is 5.26 Å². The molecule has 3 rings (SSSR count). The Labute approximate surface area is 141 Å². The molecule has 0 N–H and O–H groups in total. The molecule has 1 aromatic rings. The predicted molar refractivity (Wildman–Crippen MR) is 87.0 cm³/mol. The standard InChI is InChI=1S/C19H20N2O3/c1-19(2)12(7-9-20)11-15(19)16(22)8-10-21-17(23)13-5-3-4-6-14(13)18(21)24/h3-6,12,15H,7-8,10-11H2,1-2H3/t12-,15-/m0/s1. The van der Waals surface area contributed by atoms with Crippen molar-refractivity contribution in [1.82, 2.24) is 4.90 Å². The quantitative estimate of drug-likeness (QED) is 0.780. The maximum absolute atomic E-state index is 12.5. The highest BCUT2D eigenvalue weighted by Gasteiger charge is 2.50. The van der Waals surface area contributed by atoms with Gasteiger partial charge in [-0.2, -0.15) is 5.26 Å². The minimum Gasteiger partial charge on any atom is -0.299 e. The van der Waals surface area contributed by atoms with Crippen LogP contribution in [-0.2, 0) is 4.79 Å². The van der Waals surface area contributed by atoms with Gasteiger partial charge in [-0.15, -0.1) is 0 Å². The zero-order chi connectivity index (χ0) is 17.5. The number of hydrogen-bond donors (Lipinski definition) is 0. The third-order valence-corrected chi connectivity index (χ3v) is 5.66. The van der Waals surface area contributed by atoms with E-state index in [1.54, 1.807) is 24.3 Å². The molecule has 1 aliphatic carbocycles. The molecule has 0 saturated heterocycles.